The first-order valence-electron chi connectivity index (χ1n) is 10.3. The Morgan fingerprint density at radius 3 is 2.23 bits per heavy atom. The summed E-state index contributed by atoms with van der Waals surface area (Å²) in [5, 5.41) is 0. The van der Waals surface area contributed by atoms with E-state index in [-0.39, 0.29) is 35.5 Å². The third-order valence-corrected chi connectivity index (χ3v) is 7.28. The predicted molar refractivity (Wildman–Crippen MR) is 119 cm³/mol. The summed E-state index contributed by atoms with van der Waals surface area (Å²) < 4.78 is 29.7. The average Bonchev–Trinajstić information content (AvgIpc) is 3.04. The fourth-order valence-electron chi connectivity index (χ4n) is 3.61. The highest BCUT2D eigenvalue weighted by Gasteiger charge is 2.34. The van der Waals surface area contributed by atoms with Gasteiger partial charge in [-0.15, -0.1) is 0 Å². The number of aryl methyl sites for hydroxylation is 1. The number of amides is 1. The van der Waals surface area contributed by atoms with Gasteiger partial charge < -0.3 is 9.64 Å². The lowest BCUT2D eigenvalue weighted by atomic mass is 9.87. The monoisotopic (exact) mass is 429 g/mol. The average molecular weight is 430 g/mol. The van der Waals surface area contributed by atoms with Crippen molar-refractivity contribution in [2.24, 2.45) is 0 Å². The number of nitrogens with zero attached hydrogens (tertiary/aromatic N) is 1. The lowest BCUT2D eigenvalue weighted by Gasteiger charge is -2.28. The van der Waals surface area contributed by atoms with Gasteiger partial charge in [0.1, 0.15) is 5.75 Å². The molecule has 0 radical (unpaired) electrons. The Hall–Kier alpha value is -2.34. The molecule has 30 heavy (non-hydrogen) atoms. The molecule has 5 nitrogen and oxygen atoms in total. The molecule has 1 saturated heterocycles. The van der Waals surface area contributed by atoms with Crippen LogP contribution in [0.3, 0.4) is 0 Å². The van der Waals surface area contributed by atoms with Crippen LogP contribution in [0.1, 0.15) is 43.9 Å². The molecule has 1 atom stereocenters. The van der Waals surface area contributed by atoms with Gasteiger partial charge in [-0.2, -0.15) is 0 Å². The zero-order valence-electron chi connectivity index (χ0n) is 18.2. The third kappa shape index (κ3) is 5.85. The lowest BCUT2D eigenvalue weighted by Crippen LogP contribution is -2.43. The molecule has 0 aromatic heterocycles. The van der Waals surface area contributed by atoms with Gasteiger partial charge in [-0.3, -0.25) is 4.79 Å². The van der Waals surface area contributed by atoms with Crippen LogP contribution in [-0.4, -0.2) is 43.4 Å². The molecule has 1 aliphatic heterocycles. The second-order valence-electron chi connectivity index (χ2n) is 9.13. The van der Waals surface area contributed by atoms with Gasteiger partial charge in [0.05, 0.1) is 11.5 Å². The van der Waals surface area contributed by atoms with E-state index < -0.39 is 9.84 Å². The summed E-state index contributed by atoms with van der Waals surface area (Å²) in [4.78, 5) is 14.7. The van der Waals surface area contributed by atoms with Crippen LogP contribution in [0, 0.1) is 6.92 Å². The molecule has 6 heteroatoms. The smallest absolute Gasteiger partial charge is 0.261 e. The quantitative estimate of drug-likeness (QED) is 0.699. The van der Waals surface area contributed by atoms with Gasteiger partial charge in [-0.05, 0) is 42.0 Å². The first kappa shape index (κ1) is 22.3. The molecule has 1 heterocycles. The first-order chi connectivity index (χ1) is 14.0. The SMILES string of the molecule is Cc1ccc(CN(C(=O)COc2ccc(C(C)(C)C)cc2)C2CCS(=O)(=O)C2)cc1. The summed E-state index contributed by atoms with van der Waals surface area (Å²) in [5.41, 5.74) is 3.36. The molecule has 1 aliphatic rings. The normalized spacial score (nSPS) is 18.2. The third-order valence-electron chi connectivity index (χ3n) is 5.53. The van der Waals surface area contributed by atoms with Crippen molar-refractivity contribution in [2.45, 2.75) is 52.1 Å². The van der Waals surface area contributed by atoms with Crippen LogP contribution < -0.4 is 4.74 Å². The minimum atomic E-state index is -3.09. The van der Waals surface area contributed by atoms with Crippen molar-refractivity contribution >= 4 is 15.7 Å². The highest BCUT2D eigenvalue weighted by molar-refractivity contribution is 7.91. The molecule has 0 bridgehead atoms. The number of hydrogen-bond acceptors (Lipinski definition) is 4. The zero-order chi connectivity index (χ0) is 21.9. The van der Waals surface area contributed by atoms with E-state index in [0.717, 1.165) is 11.1 Å². The van der Waals surface area contributed by atoms with E-state index in [2.05, 4.69) is 20.8 Å². The summed E-state index contributed by atoms with van der Waals surface area (Å²) in [6.07, 6.45) is 0.472. The molecule has 0 saturated carbocycles. The molecule has 1 fully saturated rings. The summed E-state index contributed by atoms with van der Waals surface area (Å²) in [5.74, 6) is 0.582. The maximum absolute atomic E-state index is 13.0. The predicted octanol–water partition coefficient (Wildman–Crippen LogP) is 3.89. The molecule has 2 aromatic rings. The van der Waals surface area contributed by atoms with E-state index in [1.54, 1.807) is 4.90 Å². The van der Waals surface area contributed by atoms with E-state index in [4.69, 9.17) is 4.74 Å². The number of benzene rings is 2. The molecule has 0 spiro atoms. The van der Waals surface area contributed by atoms with E-state index in [1.165, 1.54) is 5.56 Å². The van der Waals surface area contributed by atoms with Crippen LogP contribution >= 0.6 is 0 Å². The Balaban J connectivity index is 1.70. The molecule has 162 valence electrons. The van der Waals surface area contributed by atoms with Crippen LogP contribution in [-0.2, 0) is 26.6 Å². The Bertz CT molecular complexity index is 973. The van der Waals surface area contributed by atoms with Crippen molar-refractivity contribution in [3.05, 3.63) is 65.2 Å². The summed E-state index contributed by atoms with van der Waals surface area (Å²) in [7, 11) is -3.09. The summed E-state index contributed by atoms with van der Waals surface area (Å²) >= 11 is 0. The molecule has 0 aliphatic carbocycles. The van der Waals surface area contributed by atoms with Gasteiger partial charge in [-0.1, -0.05) is 62.7 Å². The maximum atomic E-state index is 13.0. The number of carbonyl (C=O) groups excluding carboxylic acids is 1. The van der Waals surface area contributed by atoms with Crippen molar-refractivity contribution in [3.8, 4) is 5.75 Å². The van der Waals surface area contributed by atoms with Crippen LogP contribution in [0.25, 0.3) is 0 Å². The number of rotatable bonds is 6. The topological polar surface area (TPSA) is 63.7 Å². The molecule has 3 rings (SSSR count). The van der Waals surface area contributed by atoms with Gasteiger partial charge in [0.2, 0.25) is 0 Å². The second kappa shape index (κ2) is 8.80. The lowest BCUT2D eigenvalue weighted by molar-refractivity contribution is -0.136. The summed E-state index contributed by atoms with van der Waals surface area (Å²) in [6, 6.07) is 15.4. The zero-order valence-corrected chi connectivity index (χ0v) is 19.0. The Labute approximate surface area is 180 Å². The Morgan fingerprint density at radius 1 is 1.07 bits per heavy atom. The van der Waals surface area contributed by atoms with Gasteiger partial charge in [0, 0.05) is 12.6 Å². The van der Waals surface area contributed by atoms with E-state index in [1.807, 2.05) is 55.5 Å². The number of carbonyl (C=O) groups is 1. The van der Waals surface area contributed by atoms with Crippen LogP contribution in [0.15, 0.2) is 48.5 Å². The fourth-order valence-corrected chi connectivity index (χ4v) is 5.34. The maximum Gasteiger partial charge on any atom is 0.261 e. The highest BCUT2D eigenvalue weighted by Crippen LogP contribution is 2.25. The van der Waals surface area contributed by atoms with Gasteiger partial charge in [-0.25, -0.2) is 8.42 Å². The van der Waals surface area contributed by atoms with Crippen molar-refractivity contribution in [1.82, 2.24) is 4.90 Å². The standard InChI is InChI=1S/C24H31NO4S/c1-18-5-7-19(8-6-18)15-25(21-13-14-30(27,28)17-21)23(26)16-29-22-11-9-20(10-12-22)24(2,3)4/h5-12,21H,13-17H2,1-4H3. The summed E-state index contributed by atoms with van der Waals surface area (Å²) in [6.45, 7) is 8.71. The van der Waals surface area contributed by atoms with Crippen molar-refractivity contribution < 1.29 is 17.9 Å². The fraction of sp³-hybridized carbons (Fsp3) is 0.458. The minimum absolute atomic E-state index is 0.0187. The van der Waals surface area contributed by atoms with Gasteiger partial charge in [0.25, 0.3) is 5.91 Å². The Morgan fingerprint density at radius 2 is 1.70 bits per heavy atom. The van der Waals surface area contributed by atoms with Crippen LogP contribution in [0.5, 0.6) is 5.75 Å². The molecule has 2 aromatic carbocycles. The van der Waals surface area contributed by atoms with Gasteiger partial charge >= 0.3 is 0 Å². The highest BCUT2D eigenvalue weighted by atomic mass is 32.2. The number of ether oxygens (including phenoxy) is 1. The van der Waals surface area contributed by atoms with Crippen LogP contribution in [0.2, 0.25) is 0 Å². The molecule has 0 N–H and O–H groups in total. The van der Waals surface area contributed by atoms with E-state index in [9.17, 15) is 13.2 Å². The largest absolute Gasteiger partial charge is 0.484 e. The Kier molecular flexibility index (Phi) is 6.56. The van der Waals surface area contributed by atoms with E-state index >= 15 is 0 Å². The van der Waals surface area contributed by atoms with E-state index in [0.29, 0.717) is 18.7 Å². The van der Waals surface area contributed by atoms with Gasteiger partial charge in [0.15, 0.2) is 16.4 Å². The second-order valence-corrected chi connectivity index (χ2v) is 11.4. The van der Waals surface area contributed by atoms with Crippen molar-refractivity contribution in [1.29, 1.82) is 0 Å². The first-order valence-corrected chi connectivity index (χ1v) is 12.1. The molecule has 1 amide bonds. The van der Waals surface area contributed by atoms with Crippen molar-refractivity contribution in [2.75, 3.05) is 18.1 Å². The molecule has 1 unspecified atom stereocenters. The minimum Gasteiger partial charge on any atom is -0.484 e. The number of sulfone groups is 1. The molecular formula is C24H31NO4S. The van der Waals surface area contributed by atoms with Crippen molar-refractivity contribution in [3.63, 3.8) is 0 Å². The number of hydrogen-bond donors (Lipinski definition) is 0. The van der Waals surface area contributed by atoms with Crippen LogP contribution in [0.4, 0.5) is 0 Å². The molecular weight excluding hydrogens is 398 g/mol.